The third kappa shape index (κ3) is 2.82. The molecule has 0 aromatic rings. The summed E-state index contributed by atoms with van der Waals surface area (Å²) in [5, 5.41) is 0. The van der Waals surface area contributed by atoms with Gasteiger partial charge in [-0.2, -0.15) is 0 Å². The van der Waals surface area contributed by atoms with E-state index in [4.69, 9.17) is 9.47 Å². The summed E-state index contributed by atoms with van der Waals surface area (Å²) in [5.74, 6) is 0.776. The highest BCUT2D eigenvalue weighted by Gasteiger charge is 2.47. The van der Waals surface area contributed by atoms with E-state index < -0.39 is 5.60 Å². The first-order chi connectivity index (χ1) is 8.96. The first kappa shape index (κ1) is 14.1. The summed E-state index contributed by atoms with van der Waals surface area (Å²) in [4.78, 5) is 24.1. The number of hydrogen-bond donors (Lipinski definition) is 0. The molecule has 0 aromatic carbocycles. The van der Waals surface area contributed by atoms with Gasteiger partial charge in [-0.3, -0.25) is 4.79 Å². The molecule has 0 N–H and O–H groups in total. The van der Waals surface area contributed by atoms with Crippen LogP contribution < -0.4 is 0 Å². The molecule has 1 aliphatic carbocycles. The van der Waals surface area contributed by atoms with Gasteiger partial charge in [-0.15, -0.1) is 0 Å². The van der Waals surface area contributed by atoms with Gasteiger partial charge in [0.1, 0.15) is 5.76 Å². The van der Waals surface area contributed by atoms with Crippen LogP contribution in [0.15, 0.2) is 11.3 Å². The second-order valence-electron chi connectivity index (χ2n) is 5.84. The number of rotatable bonds is 4. The van der Waals surface area contributed by atoms with Gasteiger partial charge in [0.05, 0.1) is 6.61 Å². The van der Waals surface area contributed by atoms with Gasteiger partial charge in [0.15, 0.2) is 5.78 Å². The number of hydrogen-bond acceptors (Lipinski definition) is 4. The van der Waals surface area contributed by atoms with Crippen molar-refractivity contribution in [2.75, 3.05) is 6.61 Å². The lowest BCUT2D eigenvalue weighted by atomic mass is 9.86. The van der Waals surface area contributed by atoms with Crippen molar-refractivity contribution in [3.05, 3.63) is 11.3 Å². The molecular formula is C15H22O4. The molecule has 0 saturated carbocycles. The van der Waals surface area contributed by atoms with E-state index in [-0.39, 0.29) is 11.8 Å². The first-order valence-electron chi connectivity index (χ1n) is 7.07. The Morgan fingerprint density at radius 2 is 2.21 bits per heavy atom. The Labute approximate surface area is 114 Å². The minimum Gasteiger partial charge on any atom is -0.479 e. The van der Waals surface area contributed by atoms with Gasteiger partial charge in [0, 0.05) is 24.8 Å². The second kappa shape index (κ2) is 5.35. The zero-order valence-electron chi connectivity index (χ0n) is 12.0. The Morgan fingerprint density at radius 3 is 2.89 bits per heavy atom. The molecule has 0 amide bonds. The van der Waals surface area contributed by atoms with Crippen LogP contribution in [-0.4, -0.2) is 24.0 Å². The summed E-state index contributed by atoms with van der Waals surface area (Å²) >= 11 is 0. The molecule has 2 aliphatic rings. The van der Waals surface area contributed by atoms with Crippen molar-refractivity contribution in [1.29, 1.82) is 0 Å². The number of ether oxygens (including phenoxy) is 2. The van der Waals surface area contributed by atoms with Gasteiger partial charge in [0.25, 0.3) is 0 Å². The number of esters is 1. The molecule has 1 aliphatic heterocycles. The van der Waals surface area contributed by atoms with Crippen LogP contribution in [-0.2, 0) is 19.1 Å². The quantitative estimate of drug-likeness (QED) is 0.580. The van der Waals surface area contributed by atoms with Gasteiger partial charge in [-0.25, -0.2) is 4.79 Å². The van der Waals surface area contributed by atoms with Crippen LogP contribution in [0.2, 0.25) is 0 Å². The van der Waals surface area contributed by atoms with E-state index in [1.807, 2.05) is 13.8 Å². The van der Waals surface area contributed by atoms with Crippen LogP contribution in [0.3, 0.4) is 0 Å². The van der Waals surface area contributed by atoms with E-state index in [0.29, 0.717) is 36.7 Å². The Bertz CT molecular complexity index is 424. The van der Waals surface area contributed by atoms with Crippen molar-refractivity contribution >= 4 is 11.8 Å². The highest BCUT2D eigenvalue weighted by molar-refractivity contribution is 5.99. The van der Waals surface area contributed by atoms with Crippen LogP contribution in [0.25, 0.3) is 0 Å². The van der Waals surface area contributed by atoms with Crippen molar-refractivity contribution in [3.63, 3.8) is 0 Å². The summed E-state index contributed by atoms with van der Waals surface area (Å²) in [7, 11) is 0. The average molecular weight is 266 g/mol. The Morgan fingerprint density at radius 1 is 1.47 bits per heavy atom. The third-order valence-electron chi connectivity index (χ3n) is 3.77. The van der Waals surface area contributed by atoms with E-state index in [9.17, 15) is 9.59 Å². The van der Waals surface area contributed by atoms with Gasteiger partial charge in [0.2, 0.25) is 5.60 Å². The van der Waals surface area contributed by atoms with Gasteiger partial charge in [-0.1, -0.05) is 20.3 Å². The molecule has 19 heavy (non-hydrogen) atoms. The van der Waals surface area contributed by atoms with E-state index >= 15 is 0 Å². The molecule has 0 fully saturated rings. The fourth-order valence-electron chi connectivity index (χ4n) is 2.63. The lowest BCUT2D eigenvalue weighted by Crippen LogP contribution is -2.37. The molecule has 0 spiro atoms. The van der Waals surface area contributed by atoms with Crippen LogP contribution in [0.5, 0.6) is 0 Å². The molecule has 2 rings (SSSR count). The van der Waals surface area contributed by atoms with E-state index in [1.54, 1.807) is 6.92 Å². The third-order valence-corrected chi connectivity index (χ3v) is 3.77. The van der Waals surface area contributed by atoms with Crippen LogP contribution >= 0.6 is 0 Å². The number of unbranched alkanes of at least 4 members (excludes halogenated alkanes) is 1. The maximum Gasteiger partial charge on any atom is 0.350 e. The molecule has 1 heterocycles. The van der Waals surface area contributed by atoms with Crippen molar-refractivity contribution in [1.82, 2.24) is 0 Å². The number of Topliss-reactive ketones (excluding diaryl/α,β-unsaturated/α-hetero) is 1. The van der Waals surface area contributed by atoms with E-state index in [2.05, 4.69) is 0 Å². The molecule has 4 nitrogen and oxygen atoms in total. The molecule has 0 aromatic heterocycles. The Balaban J connectivity index is 2.02. The van der Waals surface area contributed by atoms with Gasteiger partial charge < -0.3 is 9.47 Å². The zero-order valence-corrected chi connectivity index (χ0v) is 12.0. The van der Waals surface area contributed by atoms with Crippen molar-refractivity contribution in [2.24, 2.45) is 5.92 Å². The molecule has 0 bridgehead atoms. The number of ketones is 1. The van der Waals surface area contributed by atoms with Crippen LogP contribution in [0, 0.1) is 5.92 Å². The predicted octanol–water partition coefficient (Wildman–Crippen LogP) is 2.76. The average Bonchev–Trinajstić information content (AvgIpc) is 2.68. The topological polar surface area (TPSA) is 52.6 Å². The maximum atomic E-state index is 12.1. The summed E-state index contributed by atoms with van der Waals surface area (Å²) in [6.45, 7) is 6.21. The highest BCUT2D eigenvalue weighted by Crippen LogP contribution is 2.42. The SMILES string of the molecule is CCCCOC(=O)C1(C)CC2=C(CC(C)CC2=O)O1. The minimum atomic E-state index is -1.00. The van der Waals surface area contributed by atoms with Crippen LogP contribution in [0.1, 0.15) is 52.9 Å². The molecule has 106 valence electrons. The molecular weight excluding hydrogens is 244 g/mol. The van der Waals surface area contributed by atoms with Gasteiger partial charge in [-0.05, 0) is 19.3 Å². The smallest absolute Gasteiger partial charge is 0.350 e. The number of carbonyl (C=O) groups is 2. The van der Waals surface area contributed by atoms with Crippen molar-refractivity contribution in [2.45, 2.75) is 58.5 Å². The summed E-state index contributed by atoms with van der Waals surface area (Å²) in [6.07, 6.45) is 3.50. The van der Waals surface area contributed by atoms with Crippen molar-refractivity contribution < 1.29 is 19.1 Å². The zero-order chi connectivity index (χ0) is 14.0. The predicted molar refractivity (Wildman–Crippen MR) is 70.4 cm³/mol. The minimum absolute atomic E-state index is 0.124. The van der Waals surface area contributed by atoms with E-state index in [0.717, 1.165) is 19.3 Å². The fraction of sp³-hybridized carbons (Fsp3) is 0.733. The highest BCUT2D eigenvalue weighted by atomic mass is 16.6. The summed E-state index contributed by atoms with van der Waals surface area (Å²) in [6, 6.07) is 0. The van der Waals surface area contributed by atoms with E-state index in [1.165, 1.54) is 0 Å². The Kier molecular flexibility index (Phi) is 3.97. The van der Waals surface area contributed by atoms with Crippen LogP contribution in [0.4, 0.5) is 0 Å². The molecule has 0 radical (unpaired) electrons. The lowest BCUT2D eigenvalue weighted by Gasteiger charge is -2.23. The monoisotopic (exact) mass is 266 g/mol. The summed E-state index contributed by atoms with van der Waals surface area (Å²) in [5.41, 5.74) is -0.300. The molecule has 0 saturated heterocycles. The first-order valence-corrected chi connectivity index (χ1v) is 7.07. The standard InChI is InChI=1S/C15H22O4/c1-4-5-6-18-14(17)15(3)9-11-12(16)7-10(2)8-13(11)19-15/h10H,4-9H2,1-3H3. The largest absolute Gasteiger partial charge is 0.479 e. The number of allylic oxidation sites excluding steroid dienone is 1. The lowest BCUT2D eigenvalue weighted by molar-refractivity contribution is -0.163. The molecule has 2 atom stereocenters. The normalized spacial score (nSPS) is 30.1. The molecule has 4 heteroatoms. The Hall–Kier alpha value is -1.32. The molecule has 2 unspecified atom stereocenters. The maximum absolute atomic E-state index is 12.1. The summed E-state index contributed by atoms with van der Waals surface area (Å²) < 4.78 is 11.0. The number of carbonyl (C=O) groups excluding carboxylic acids is 2. The van der Waals surface area contributed by atoms with Gasteiger partial charge >= 0.3 is 5.97 Å². The van der Waals surface area contributed by atoms with Crippen molar-refractivity contribution in [3.8, 4) is 0 Å². The second-order valence-corrected chi connectivity index (χ2v) is 5.84. The fourth-order valence-corrected chi connectivity index (χ4v) is 2.63.